The van der Waals surface area contributed by atoms with E-state index >= 15 is 0 Å². The van der Waals surface area contributed by atoms with E-state index in [1.54, 1.807) is 0 Å². The topological polar surface area (TPSA) is 60.8 Å². The van der Waals surface area contributed by atoms with Gasteiger partial charge in [0.2, 0.25) is 5.91 Å². The van der Waals surface area contributed by atoms with Gasteiger partial charge in [-0.05, 0) is 29.2 Å². The Labute approximate surface area is 149 Å². The van der Waals surface area contributed by atoms with Gasteiger partial charge in [0.25, 0.3) is 0 Å². The van der Waals surface area contributed by atoms with Gasteiger partial charge in [0.05, 0.1) is 19.1 Å². The molecule has 0 saturated carbocycles. The number of aliphatic hydroxyl groups is 2. The number of rotatable bonds is 5. The molecule has 1 aliphatic heterocycles. The van der Waals surface area contributed by atoms with E-state index < -0.39 is 11.5 Å². The molecule has 0 spiro atoms. The van der Waals surface area contributed by atoms with Crippen LogP contribution in [0.25, 0.3) is 10.8 Å². The Morgan fingerprint density at radius 1 is 1.24 bits per heavy atom. The molecule has 1 saturated heterocycles. The second-order valence-corrected chi connectivity index (χ2v) is 7.21. The maximum absolute atomic E-state index is 12.9. The number of carbonyl (C=O) groups excluding carboxylic acids is 1. The van der Waals surface area contributed by atoms with Crippen LogP contribution in [0.2, 0.25) is 0 Å². The Morgan fingerprint density at radius 3 is 2.76 bits per heavy atom. The molecule has 4 nitrogen and oxygen atoms in total. The lowest BCUT2D eigenvalue weighted by Crippen LogP contribution is -2.55. The van der Waals surface area contributed by atoms with E-state index in [2.05, 4.69) is 12.1 Å². The molecular formula is C21H27NO3. The molecule has 2 aromatic rings. The molecule has 0 unspecified atom stereocenters. The maximum Gasteiger partial charge on any atom is 0.227 e. The first-order chi connectivity index (χ1) is 12.1. The second-order valence-electron chi connectivity index (χ2n) is 7.21. The van der Waals surface area contributed by atoms with Gasteiger partial charge < -0.3 is 15.1 Å². The first-order valence-electron chi connectivity index (χ1n) is 9.13. The van der Waals surface area contributed by atoms with Gasteiger partial charge >= 0.3 is 0 Å². The molecule has 134 valence electrons. The van der Waals surface area contributed by atoms with E-state index in [0.29, 0.717) is 25.9 Å². The van der Waals surface area contributed by atoms with Crippen LogP contribution in [0, 0.1) is 5.41 Å². The predicted molar refractivity (Wildman–Crippen MR) is 99.3 cm³/mol. The largest absolute Gasteiger partial charge is 0.396 e. The summed E-state index contributed by atoms with van der Waals surface area (Å²) < 4.78 is 0. The molecule has 3 rings (SSSR count). The molecule has 2 atom stereocenters. The molecule has 2 N–H and O–H groups in total. The standard InChI is InChI=1S/C21H27NO3/c1-2-11-21(15-23)14-22(12-10-19(21)24)20(25)13-17-8-5-7-16-6-3-4-9-18(16)17/h3-9,19,23-24H,2,10-15H2,1H3/t19-,21-/m0/s1. The van der Waals surface area contributed by atoms with Crippen LogP contribution in [0.15, 0.2) is 42.5 Å². The predicted octanol–water partition coefficient (Wildman–Crippen LogP) is 2.75. The molecule has 1 fully saturated rings. The third-order valence-corrected chi connectivity index (χ3v) is 5.52. The van der Waals surface area contributed by atoms with Crippen molar-refractivity contribution in [1.82, 2.24) is 4.90 Å². The fourth-order valence-electron chi connectivity index (χ4n) is 4.06. The lowest BCUT2D eigenvalue weighted by molar-refractivity contribution is -0.141. The number of fused-ring (bicyclic) bond motifs is 1. The Kier molecular flexibility index (Phi) is 5.40. The summed E-state index contributed by atoms with van der Waals surface area (Å²) in [7, 11) is 0. The fraction of sp³-hybridized carbons (Fsp3) is 0.476. The number of aliphatic hydroxyl groups excluding tert-OH is 2. The zero-order valence-corrected chi connectivity index (χ0v) is 14.8. The van der Waals surface area contributed by atoms with Gasteiger partial charge in [0, 0.05) is 18.5 Å². The minimum Gasteiger partial charge on any atom is -0.396 e. The van der Waals surface area contributed by atoms with Crippen molar-refractivity contribution in [3.63, 3.8) is 0 Å². The van der Waals surface area contributed by atoms with Crippen LogP contribution in [0.4, 0.5) is 0 Å². The van der Waals surface area contributed by atoms with Gasteiger partial charge in [-0.25, -0.2) is 0 Å². The first-order valence-corrected chi connectivity index (χ1v) is 9.13. The Balaban J connectivity index is 1.79. The Hall–Kier alpha value is -1.91. The summed E-state index contributed by atoms with van der Waals surface area (Å²) in [6.07, 6.45) is 1.94. The number of hydrogen-bond acceptors (Lipinski definition) is 3. The summed E-state index contributed by atoms with van der Waals surface area (Å²) in [5.74, 6) is 0.0668. The van der Waals surface area contributed by atoms with Crippen LogP contribution >= 0.6 is 0 Å². The molecule has 1 aliphatic rings. The number of piperidine rings is 1. The van der Waals surface area contributed by atoms with Crippen LogP contribution in [0.3, 0.4) is 0 Å². The molecule has 4 heteroatoms. The molecule has 1 heterocycles. The quantitative estimate of drug-likeness (QED) is 0.879. The molecule has 0 aliphatic carbocycles. The van der Waals surface area contributed by atoms with Crippen LogP contribution in [0.5, 0.6) is 0 Å². The maximum atomic E-state index is 12.9. The van der Waals surface area contributed by atoms with Gasteiger partial charge in [-0.2, -0.15) is 0 Å². The van der Waals surface area contributed by atoms with E-state index in [9.17, 15) is 15.0 Å². The van der Waals surface area contributed by atoms with Crippen molar-refractivity contribution in [2.45, 2.75) is 38.7 Å². The lowest BCUT2D eigenvalue weighted by atomic mass is 9.74. The zero-order chi connectivity index (χ0) is 17.9. The molecule has 0 radical (unpaired) electrons. The summed E-state index contributed by atoms with van der Waals surface area (Å²) in [5, 5.41) is 22.5. The Bertz CT molecular complexity index is 740. The summed E-state index contributed by atoms with van der Waals surface area (Å²) in [4.78, 5) is 14.7. The number of carbonyl (C=O) groups is 1. The highest BCUT2D eigenvalue weighted by atomic mass is 16.3. The third kappa shape index (κ3) is 3.55. The average Bonchev–Trinajstić information content (AvgIpc) is 2.64. The van der Waals surface area contributed by atoms with Gasteiger partial charge in [-0.3, -0.25) is 4.79 Å². The molecule has 0 bridgehead atoms. The third-order valence-electron chi connectivity index (χ3n) is 5.52. The molecule has 2 aromatic carbocycles. The zero-order valence-electron chi connectivity index (χ0n) is 14.8. The monoisotopic (exact) mass is 341 g/mol. The number of benzene rings is 2. The molecule has 25 heavy (non-hydrogen) atoms. The van der Waals surface area contributed by atoms with E-state index in [-0.39, 0.29) is 12.5 Å². The minimum absolute atomic E-state index is 0.0668. The minimum atomic E-state index is -0.582. The number of likely N-dealkylation sites (tertiary alicyclic amines) is 1. The fourth-order valence-corrected chi connectivity index (χ4v) is 4.06. The molecule has 0 aromatic heterocycles. The normalized spacial score (nSPS) is 23.8. The number of amides is 1. The van der Waals surface area contributed by atoms with Crippen LogP contribution in [0.1, 0.15) is 31.7 Å². The van der Waals surface area contributed by atoms with Crippen LogP contribution < -0.4 is 0 Å². The molecular weight excluding hydrogens is 314 g/mol. The Morgan fingerprint density at radius 2 is 2.00 bits per heavy atom. The van der Waals surface area contributed by atoms with Crippen molar-refractivity contribution < 1.29 is 15.0 Å². The van der Waals surface area contributed by atoms with Crippen molar-refractivity contribution in [1.29, 1.82) is 0 Å². The van der Waals surface area contributed by atoms with Crippen molar-refractivity contribution >= 4 is 16.7 Å². The van der Waals surface area contributed by atoms with Crippen molar-refractivity contribution in [3.8, 4) is 0 Å². The summed E-state index contributed by atoms with van der Waals surface area (Å²) in [6.45, 7) is 2.94. The van der Waals surface area contributed by atoms with Crippen molar-refractivity contribution in [2.75, 3.05) is 19.7 Å². The van der Waals surface area contributed by atoms with Crippen LogP contribution in [-0.4, -0.2) is 46.8 Å². The SMILES string of the molecule is CCC[C@@]1(CO)CN(C(=O)Cc2cccc3ccccc23)CC[C@@H]1O. The second kappa shape index (κ2) is 7.54. The van der Waals surface area contributed by atoms with Crippen molar-refractivity contribution in [3.05, 3.63) is 48.0 Å². The number of nitrogens with zero attached hydrogens (tertiary/aromatic N) is 1. The highest BCUT2D eigenvalue weighted by Crippen LogP contribution is 2.35. The summed E-state index contributed by atoms with van der Waals surface area (Å²) in [6, 6.07) is 14.1. The van der Waals surface area contributed by atoms with E-state index in [1.165, 1.54) is 0 Å². The first kappa shape index (κ1) is 17.9. The van der Waals surface area contributed by atoms with Gasteiger partial charge in [0.15, 0.2) is 0 Å². The highest BCUT2D eigenvalue weighted by Gasteiger charge is 2.42. The highest BCUT2D eigenvalue weighted by molar-refractivity contribution is 5.90. The van der Waals surface area contributed by atoms with Gasteiger partial charge in [0.1, 0.15) is 0 Å². The van der Waals surface area contributed by atoms with E-state index in [1.807, 2.05) is 42.2 Å². The van der Waals surface area contributed by atoms with Crippen LogP contribution in [-0.2, 0) is 11.2 Å². The van der Waals surface area contributed by atoms with Gasteiger partial charge in [-0.15, -0.1) is 0 Å². The smallest absolute Gasteiger partial charge is 0.227 e. The summed E-state index contributed by atoms with van der Waals surface area (Å²) in [5.41, 5.74) is 0.445. The average molecular weight is 341 g/mol. The van der Waals surface area contributed by atoms with E-state index in [4.69, 9.17) is 0 Å². The molecule has 1 amide bonds. The van der Waals surface area contributed by atoms with Gasteiger partial charge in [-0.1, -0.05) is 55.8 Å². The summed E-state index contributed by atoms with van der Waals surface area (Å²) >= 11 is 0. The lowest BCUT2D eigenvalue weighted by Gasteiger charge is -2.45. The number of hydrogen-bond donors (Lipinski definition) is 2. The van der Waals surface area contributed by atoms with E-state index in [0.717, 1.165) is 29.2 Å². The van der Waals surface area contributed by atoms with Crippen molar-refractivity contribution in [2.24, 2.45) is 5.41 Å².